The summed E-state index contributed by atoms with van der Waals surface area (Å²) in [6.07, 6.45) is 0. The molecule has 3 aromatic carbocycles. The van der Waals surface area contributed by atoms with Crippen LogP contribution in [0.4, 0.5) is 11.4 Å². The van der Waals surface area contributed by atoms with Crippen LogP contribution in [0.15, 0.2) is 77.7 Å². The van der Waals surface area contributed by atoms with Crippen LogP contribution in [0.25, 0.3) is 0 Å². The number of sulfonamides is 1. The third-order valence-electron chi connectivity index (χ3n) is 5.19. The summed E-state index contributed by atoms with van der Waals surface area (Å²) in [4.78, 5) is 2.51. The third-order valence-corrected chi connectivity index (χ3v) is 7.02. The van der Waals surface area contributed by atoms with Crippen LogP contribution < -0.4 is 13.9 Å². The number of hydrogen-bond donors (Lipinski definition) is 0. The predicted molar refractivity (Wildman–Crippen MR) is 116 cm³/mol. The fraction of sp³-hybridized carbons (Fsp3) is 0.217. The topological polar surface area (TPSA) is 49.9 Å². The summed E-state index contributed by atoms with van der Waals surface area (Å²) in [5, 5.41) is 0. The molecule has 0 spiro atoms. The molecule has 0 saturated carbocycles. The minimum Gasteiger partial charge on any atom is -0.497 e. The van der Waals surface area contributed by atoms with Crippen LogP contribution in [0, 0.1) is 6.92 Å². The average Bonchev–Trinajstić information content (AvgIpc) is 2.74. The fourth-order valence-electron chi connectivity index (χ4n) is 3.60. The Morgan fingerprint density at radius 2 is 1.62 bits per heavy atom. The van der Waals surface area contributed by atoms with Crippen molar-refractivity contribution < 1.29 is 13.2 Å². The summed E-state index contributed by atoms with van der Waals surface area (Å²) in [6, 6.07) is 22.7. The van der Waals surface area contributed by atoms with Gasteiger partial charge in [0.2, 0.25) is 0 Å². The maximum absolute atomic E-state index is 13.4. The second-order valence-electron chi connectivity index (χ2n) is 7.15. The molecule has 0 radical (unpaired) electrons. The van der Waals surface area contributed by atoms with Crippen LogP contribution in [-0.4, -0.2) is 28.6 Å². The zero-order valence-corrected chi connectivity index (χ0v) is 17.4. The molecule has 0 saturated heterocycles. The largest absolute Gasteiger partial charge is 0.497 e. The monoisotopic (exact) mass is 408 g/mol. The first kappa shape index (κ1) is 19.3. The SMILES string of the molecule is COc1ccc2c(c1)N(Cc1ccccc1)CCN2S(=O)(=O)c1ccc(C)cc1. The first-order valence-electron chi connectivity index (χ1n) is 9.55. The number of methoxy groups -OCH3 is 1. The van der Waals surface area contributed by atoms with E-state index in [9.17, 15) is 8.42 Å². The highest BCUT2D eigenvalue weighted by molar-refractivity contribution is 7.92. The molecule has 1 aliphatic rings. The number of aryl methyl sites for hydroxylation is 1. The second kappa shape index (κ2) is 7.79. The van der Waals surface area contributed by atoms with Gasteiger partial charge in [0, 0.05) is 19.2 Å². The zero-order chi connectivity index (χ0) is 20.4. The van der Waals surface area contributed by atoms with E-state index < -0.39 is 10.0 Å². The number of benzene rings is 3. The normalized spacial score (nSPS) is 13.9. The lowest BCUT2D eigenvalue weighted by molar-refractivity contribution is 0.414. The fourth-order valence-corrected chi connectivity index (χ4v) is 5.07. The van der Waals surface area contributed by atoms with E-state index in [-0.39, 0.29) is 0 Å². The van der Waals surface area contributed by atoms with Gasteiger partial charge in [0.15, 0.2) is 0 Å². The van der Waals surface area contributed by atoms with E-state index >= 15 is 0 Å². The van der Waals surface area contributed by atoms with Crippen LogP contribution in [0.5, 0.6) is 5.75 Å². The van der Waals surface area contributed by atoms with Crippen molar-refractivity contribution in [3.05, 3.63) is 83.9 Å². The van der Waals surface area contributed by atoms with Crippen molar-refractivity contribution in [3.8, 4) is 5.75 Å². The van der Waals surface area contributed by atoms with Crippen LogP contribution in [0.3, 0.4) is 0 Å². The minimum atomic E-state index is -3.64. The van der Waals surface area contributed by atoms with Crippen molar-refractivity contribution in [2.45, 2.75) is 18.4 Å². The van der Waals surface area contributed by atoms with Crippen molar-refractivity contribution in [1.82, 2.24) is 0 Å². The number of nitrogens with zero attached hydrogens (tertiary/aromatic N) is 2. The molecule has 3 aromatic rings. The van der Waals surface area contributed by atoms with E-state index in [1.807, 2.05) is 55.5 Å². The molecule has 0 N–H and O–H groups in total. The molecule has 0 atom stereocenters. The van der Waals surface area contributed by atoms with Gasteiger partial charge in [0.1, 0.15) is 5.75 Å². The first-order chi connectivity index (χ1) is 14.0. The Balaban J connectivity index is 1.74. The summed E-state index contributed by atoms with van der Waals surface area (Å²) < 4.78 is 33.6. The van der Waals surface area contributed by atoms with Crippen LogP contribution in [-0.2, 0) is 16.6 Å². The molecule has 150 valence electrons. The molecule has 0 unspecified atom stereocenters. The van der Waals surface area contributed by atoms with E-state index in [4.69, 9.17) is 4.74 Å². The summed E-state index contributed by atoms with van der Waals surface area (Å²) in [5.74, 6) is 0.705. The number of rotatable bonds is 5. The molecular weight excluding hydrogens is 384 g/mol. The Kier molecular flexibility index (Phi) is 5.20. The maximum atomic E-state index is 13.4. The van der Waals surface area contributed by atoms with Crippen LogP contribution in [0.2, 0.25) is 0 Å². The Labute approximate surface area is 172 Å². The van der Waals surface area contributed by atoms with Gasteiger partial charge in [-0.2, -0.15) is 0 Å². The summed E-state index contributed by atoms with van der Waals surface area (Å²) >= 11 is 0. The molecule has 29 heavy (non-hydrogen) atoms. The van der Waals surface area contributed by atoms with Gasteiger partial charge in [-0.1, -0.05) is 48.0 Å². The van der Waals surface area contributed by atoms with Crippen molar-refractivity contribution in [2.75, 3.05) is 29.4 Å². The molecule has 5 nitrogen and oxygen atoms in total. The maximum Gasteiger partial charge on any atom is 0.264 e. The predicted octanol–water partition coefficient (Wildman–Crippen LogP) is 4.22. The molecule has 1 aliphatic heterocycles. The summed E-state index contributed by atoms with van der Waals surface area (Å²) in [6.45, 7) is 3.64. The highest BCUT2D eigenvalue weighted by Gasteiger charge is 2.32. The molecule has 0 bridgehead atoms. The van der Waals surface area contributed by atoms with Gasteiger partial charge in [0.05, 0.1) is 29.9 Å². The van der Waals surface area contributed by atoms with Gasteiger partial charge < -0.3 is 9.64 Å². The lowest BCUT2D eigenvalue weighted by Crippen LogP contribution is -2.43. The van der Waals surface area contributed by atoms with Crippen molar-refractivity contribution in [2.24, 2.45) is 0 Å². The smallest absolute Gasteiger partial charge is 0.264 e. The first-order valence-corrected chi connectivity index (χ1v) is 11.0. The van der Waals surface area contributed by atoms with Crippen LogP contribution >= 0.6 is 0 Å². The standard InChI is InChI=1S/C23H24N2O3S/c1-18-8-11-21(12-9-18)29(26,27)25-15-14-24(17-19-6-4-3-5-7-19)23-16-20(28-2)10-13-22(23)25/h3-13,16H,14-15,17H2,1-2H3. The van der Waals surface area contributed by atoms with Crippen LogP contribution in [0.1, 0.15) is 11.1 Å². The van der Waals surface area contributed by atoms with Crippen molar-refractivity contribution in [3.63, 3.8) is 0 Å². The highest BCUT2D eigenvalue weighted by atomic mass is 32.2. The highest BCUT2D eigenvalue weighted by Crippen LogP contribution is 2.39. The van der Waals surface area contributed by atoms with E-state index in [1.54, 1.807) is 19.2 Å². The molecule has 0 aliphatic carbocycles. The third kappa shape index (κ3) is 3.80. The van der Waals surface area contributed by atoms with E-state index in [0.717, 1.165) is 11.3 Å². The van der Waals surface area contributed by atoms with E-state index in [0.29, 0.717) is 36.0 Å². The lowest BCUT2D eigenvalue weighted by Gasteiger charge is -2.38. The molecule has 0 aromatic heterocycles. The lowest BCUT2D eigenvalue weighted by atomic mass is 10.1. The van der Waals surface area contributed by atoms with Gasteiger partial charge in [-0.15, -0.1) is 0 Å². The van der Waals surface area contributed by atoms with Gasteiger partial charge in [-0.3, -0.25) is 4.31 Å². The van der Waals surface area contributed by atoms with Crippen molar-refractivity contribution in [1.29, 1.82) is 0 Å². The average molecular weight is 409 g/mol. The Morgan fingerprint density at radius 1 is 0.897 bits per heavy atom. The molecule has 1 heterocycles. The van der Waals surface area contributed by atoms with Gasteiger partial charge >= 0.3 is 0 Å². The molecular formula is C23H24N2O3S. The van der Waals surface area contributed by atoms with E-state index in [2.05, 4.69) is 17.0 Å². The molecule has 6 heteroatoms. The molecule has 0 amide bonds. The zero-order valence-electron chi connectivity index (χ0n) is 16.6. The Hall–Kier alpha value is -2.99. The summed E-state index contributed by atoms with van der Waals surface area (Å²) in [5.41, 5.74) is 3.74. The Morgan fingerprint density at radius 3 is 2.31 bits per heavy atom. The minimum absolute atomic E-state index is 0.307. The van der Waals surface area contributed by atoms with Gasteiger partial charge in [-0.05, 0) is 36.8 Å². The number of fused-ring (bicyclic) bond motifs is 1. The summed E-state index contributed by atoms with van der Waals surface area (Å²) in [7, 11) is -2.02. The molecule has 4 rings (SSSR count). The number of anilines is 2. The van der Waals surface area contributed by atoms with Gasteiger partial charge in [0.25, 0.3) is 10.0 Å². The number of ether oxygens (including phenoxy) is 1. The quantitative estimate of drug-likeness (QED) is 0.634. The second-order valence-corrected chi connectivity index (χ2v) is 9.01. The van der Waals surface area contributed by atoms with E-state index in [1.165, 1.54) is 9.87 Å². The Bertz CT molecular complexity index is 1100. The van der Waals surface area contributed by atoms with Crippen molar-refractivity contribution >= 4 is 21.4 Å². The van der Waals surface area contributed by atoms with Gasteiger partial charge in [-0.25, -0.2) is 8.42 Å². The molecule has 0 fully saturated rings. The number of hydrogen-bond acceptors (Lipinski definition) is 4.